The second-order valence-electron chi connectivity index (χ2n) is 6.56. The topological polar surface area (TPSA) is 12.0 Å². The Labute approximate surface area is 106 Å². The van der Waals surface area contributed by atoms with Crippen molar-refractivity contribution in [2.24, 2.45) is 5.41 Å². The Bertz CT molecular complexity index is 386. The fourth-order valence-corrected chi connectivity index (χ4v) is 3.28. The van der Waals surface area contributed by atoms with Crippen molar-refractivity contribution in [3.05, 3.63) is 34.9 Å². The first-order valence-electron chi connectivity index (χ1n) is 6.69. The average molecular weight is 231 g/mol. The van der Waals surface area contributed by atoms with Gasteiger partial charge in [-0.05, 0) is 44.2 Å². The predicted octanol–water partition coefficient (Wildman–Crippen LogP) is 3.93. The molecule has 1 fully saturated rings. The molecule has 0 bridgehead atoms. The van der Waals surface area contributed by atoms with Crippen molar-refractivity contribution in [3.63, 3.8) is 0 Å². The number of aryl methyl sites for hydroxylation is 2. The minimum atomic E-state index is 0.157. The summed E-state index contributed by atoms with van der Waals surface area (Å²) in [6.45, 7) is 12.6. The SMILES string of the molecule is Cc1cc(C)cc(C2(C(C)(C)C)CCCN2)c1. The summed E-state index contributed by atoms with van der Waals surface area (Å²) in [4.78, 5) is 0. The lowest BCUT2D eigenvalue weighted by atomic mass is 9.68. The Hall–Kier alpha value is -0.820. The van der Waals surface area contributed by atoms with Gasteiger partial charge in [-0.25, -0.2) is 0 Å². The van der Waals surface area contributed by atoms with Gasteiger partial charge in [0.25, 0.3) is 0 Å². The molecule has 1 aliphatic rings. The van der Waals surface area contributed by atoms with Gasteiger partial charge in [0.05, 0.1) is 0 Å². The Balaban J connectivity index is 2.53. The van der Waals surface area contributed by atoms with E-state index in [1.165, 1.54) is 29.5 Å². The second-order valence-corrected chi connectivity index (χ2v) is 6.56. The molecule has 0 aliphatic carbocycles. The molecule has 1 atom stereocenters. The normalized spacial score (nSPS) is 25.2. The molecular weight excluding hydrogens is 206 g/mol. The van der Waals surface area contributed by atoms with Gasteiger partial charge in [0.1, 0.15) is 0 Å². The highest BCUT2D eigenvalue weighted by Crippen LogP contribution is 2.45. The quantitative estimate of drug-likeness (QED) is 0.772. The molecule has 1 heterocycles. The fourth-order valence-electron chi connectivity index (χ4n) is 3.28. The molecular formula is C16H25N. The van der Waals surface area contributed by atoms with Gasteiger partial charge in [-0.2, -0.15) is 0 Å². The molecule has 1 heteroatoms. The molecule has 2 rings (SSSR count). The monoisotopic (exact) mass is 231 g/mol. The predicted molar refractivity (Wildman–Crippen MR) is 74.3 cm³/mol. The van der Waals surface area contributed by atoms with E-state index in [-0.39, 0.29) is 11.0 Å². The van der Waals surface area contributed by atoms with E-state index in [1.807, 2.05) is 0 Å². The van der Waals surface area contributed by atoms with Gasteiger partial charge >= 0.3 is 0 Å². The molecule has 1 aliphatic heterocycles. The van der Waals surface area contributed by atoms with Crippen LogP contribution < -0.4 is 5.32 Å². The largest absolute Gasteiger partial charge is 0.307 e. The standard InChI is InChI=1S/C16H25N/c1-12-9-13(2)11-14(10-12)16(15(3,4)5)7-6-8-17-16/h9-11,17H,6-8H2,1-5H3. The van der Waals surface area contributed by atoms with Gasteiger partial charge in [0.15, 0.2) is 0 Å². The molecule has 94 valence electrons. The van der Waals surface area contributed by atoms with Crippen LogP contribution in [0.5, 0.6) is 0 Å². The molecule has 0 saturated carbocycles. The fraction of sp³-hybridized carbons (Fsp3) is 0.625. The van der Waals surface area contributed by atoms with Crippen LogP contribution in [-0.2, 0) is 5.54 Å². The van der Waals surface area contributed by atoms with Crippen LogP contribution >= 0.6 is 0 Å². The Morgan fingerprint density at radius 2 is 1.65 bits per heavy atom. The number of hydrogen-bond donors (Lipinski definition) is 1. The molecule has 1 unspecified atom stereocenters. The summed E-state index contributed by atoms with van der Waals surface area (Å²) in [6, 6.07) is 6.97. The smallest absolute Gasteiger partial charge is 0.0484 e. The average Bonchev–Trinajstić information content (AvgIpc) is 2.64. The molecule has 1 nitrogen and oxygen atoms in total. The molecule has 1 aromatic carbocycles. The summed E-state index contributed by atoms with van der Waals surface area (Å²) in [5.74, 6) is 0. The zero-order chi connectivity index (χ0) is 12.7. The maximum Gasteiger partial charge on any atom is 0.0484 e. The van der Waals surface area contributed by atoms with Crippen LogP contribution in [0.25, 0.3) is 0 Å². The van der Waals surface area contributed by atoms with Crippen molar-refractivity contribution in [1.82, 2.24) is 5.32 Å². The first-order chi connectivity index (χ1) is 7.85. The van der Waals surface area contributed by atoms with Crippen LogP contribution in [0.4, 0.5) is 0 Å². The van der Waals surface area contributed by atoms with Crippen molar-refractivity contribution in [3.8, 4) is 0 Å². The highest BCUT2D eigenvalue weighted by Gasteiger charge is 2.45. The van der Waals surface area contributed by atoms with Crippen molar-refractivity contribution >= 4 is 0 Å². The Morgan fingerprint density at radius 1 is 1.06 bits per heavy atom. The van der Waals surface area contributed by atoms with E-state index < -0.39 is 0 Å². The lowest BCUT2D eigenvalue weighted by molar-refractivity contribution is 0.160. The number of hydrogen-bond acceptors (Lipinski definition) is 1. The van der Waals surface area contributed by atoms with Crippen molar-refractivity contribution in [2.45, 2.75) is 53.0 Å². The van der Waals surface area contributed by atoms with Gasteiger partial charge < -0.3 is 5.32 Å². The Morgan fingerprint density at radius 3 is 2.06 bits per heavy atom. The van der Waals surface area contributed by atoms with Gasteiger partial charge in [-0.15, -0.1) is 0 Å². The van der Waals surface area contributed by atoms with Crippen molar-refractivity contribution in [1.29, 1.82) is 0 Å². The molecule has 0 aromatic heterocycles. The summed E-state index contributed by atoms with van der Waals surface area (Å²) in [5, 5.41) is 3.78. The van der Waals surface area contributed by atoms with E-state index in [0.717, 1.165) is 6.54 Å². The zero-order valence-electron chi connectivity index (χ0n) is 11.9. The van der Waals surface area contributed by atoms with E-state index >= 15 is 0 Å². The molecule has 0 radical (unpaired) electrons. The van der Waals surface area contributed by atoms with Crippen molar-refractivity contribution in [2.75, 3.05) is 6.54 Å². The summed E-state index contributed by atoms with van der Waals surface area (Å²) in [5.41, 5.74) is 4.63. The maximum atomic E-state index is 3.78. The van der Waals surface area contributed by atoms with Crippen LogP contribution in [0.3, 0.4) is 0 Å². The molecule has 1 N–H and O–H groups in total. The lowest BCUT2D eigenvalue weighted by Gasteiger charge is -2.43. The molecule has 1 saturated heterocycles. The van der Waals surface area contributed by atoms with Crippen LogP contribution in [0, 0.1) is 19.3 Å². The lowest BCUT2D eigenvalue weighted by Crippen LogP contribution is -2.48. The number of rotatable bonds is 1. The number of nitrogens with one attached hydrogen (secondary N) is 1. The van der Waals surface area contributed by atoms with E-state index in [4.69, 9.17) is 0 Å². The van der Waals surface area contributed by atoms with E-state index in [9.17, 15) is 0 Å². The first kappa shape index (κ1) is 12.6. The molecule has 1 aromatic rings. The van der Waals surface area contributed by atoms with Gasteiger partial charge in [-0.3, -0.25) is 0 Å². The van der Waals surface area contributed by atoms with Crippen LogP contribution in [0.2, 0.25) is 0 Å². The van der Waals surface area contributed by atoms with Crippen LogP contribution in [0.1, 0.15) is 50.3 Å². The molecule has 0 spiro atoms. The van der Waals surface area contributed by atoms with Crippen LogP contribution in [0.15, 0.2) is 18.2 Å². The van der Waals surface area contributed by atoms with E-state index in [1.54, 1.807) is 0 Å². The summed E-state index contributed by atoms with van der Waals surface area (Å²) in [6.07, 6.45) is 2.53. The maximum absolute atomic E-state index is 3.78. The van der Waals surface area contributed by atoms with Crippen molar-refractivity contribution < 1.29 is 0 Å². The second kappa shape index (κ2) is 4.13. The zero-order valence-corrected chi connectivity index (χ0v) is 11.9. The van der Waals surface area contributed by atoms with Gasteiger partial charge in [0.2, 0.25) is 0 Å². The third-order valence-corrected chi connectivity index (χ3v) is 4.15. The summed E-state index contributed by atoms with van der Waals surface area (Å²) < 4.78 is 0. The third kappa shape index (κ3) is 2.13. The van der Waals surface area contributed by atoms with E-state index in [2.05, 4.69) is 58.1 Å². The third-order valence-electron chi connectivity index (χ3n) is 4.15. The first-order valence-corrected chi connectivity index (χ1v) is 6.69. The van der Waals surface area contributed by atoms with Gasteiger partial charge in [0, 0.05) is 5.54 Å². The minimum Gasteiger partial charge on any atom is -0.307 e. The molecule has 17 heavy (non-hydrogen) atoms. The summed E-state index contributed by atoms with van der Waals surface area (Å²) in [7, 11) is 0. The summed E-state index contributed by atoms with van der Waals surface area (Å²) >= 11 is 0. The van der Waals surface area contributed by atoms with E-state index in [0.29, 0.717) is 0 Å². The van der Waals surface area contributed by atoms with Gasteiger partial charge in [-0.1, -0.05) is 50.1 Å². The highest BCUT2D eigenvalue weighted by atomic mass is 15.0. The number of benzene rings is 1. The molecule has 0 amide bonds. The van der Waals surface area contributed by atoms with Crippen LogP contribution in [-0.4, -0.2) is 6.54 Å². The Kier molecular flexibility index (Phi) is 3.07. The minimum absolute atomic E-state index is 0.157. The highest BCUT2D eigenvalue weighted by molar-refractivity contribution is 5.35.